The van der Waals surface area contributed by atoms with E-state index in [1.54, 1.807) is 0 Å². The molecule has 1 saturated heterocycles. The van der Waals surface area contributed by atoms with Crippen LogP contribution in [0.15, 0.2) is 22.8 Å². The molecular weight excluding hydrogens is 304 g/mol. The number of rotatable bonds is 5. The van der Waals surface area contributed by atoms with E-state index in [-0.39, 0.29) is 0 Å². The van der Waals surface area contributed by atoms with Crippen molar-refractivity contribution < 1.29 is 4.74 Å². The molecule has 1 aliphatic heterocycles. The van der Waals surface area contributed by atoms with Crippen LogP contribution in [0.2, 0.25) is 0 Å². The van der Waals surface area contributed by atoms with Gasteiger partial charge in [-0.25, -0.2) is 0 Å². The fourth-order valence-electron chi connectivity index (χ4n) is 2.54. The molecule has 2 rings (SSSR count). The van der Waals surface area contributed by atoms with Gasteiger partial charge in [0.25, 0.3) is 0 Å². The molecule has 0 spiro atoms. The molecule has 0 saturated carbocycles. The molecule has 19 heavy (non-hydrogen) atoms. The normalized spacial score (nSPS) is 18.7. The van der Waals surface area contributed by atoms with Crippen molar-refractivity contribution in [2.75, 3.05) is 19.8 Å². The van der Waals surface area contributed by atoms with E-state index in [9.17, 15) is 0 Å². The highest BCUT2D eigenvalue weighted by Crippen LogP contribution is 2.33. The predicted molar refractivity (Wildman–Crippen MR) is 81.3 cm³/mol. The average molecular weight is 327 g/mol. The topological polar surface area (TPSA) is 34.2 Å². The highest BCUT2D eigenvalue weighted by molar-refractivity contribution is 9.10. The van der Waals surface area contributed by atoms with Gasteiger partial charge < -0.3 is 10.1 Å². The molecule has 1 aromatic rings. The summed E-state index contributed by atoms with van der Waals surface area (Å²) in [5, 5.41) is 3.60. The lowest BCUT2D eigenvalue weighted by Crippen LogP contribution is -2.43. The third-order valence-electron chi connectivity index (χ3n) is 3.78. The number of hydrogen-bond acceptors (Lipinski definition) is 3. The summed E-state index contributed by atoms with van der Waals surface area (Å²) < 4.78 is 6.57. The van der Waals surface area contributed by atoms with Crippen molar-refractivity contribution in [3.63, 3.8) is 0 Å². The largest absolute Gasteiger partial charge is 0.381 e. The molecule has 0 unspecified atom stereocenters. The molecule has 1 N–H and O–H groups in total. The Bertz CT molecular complexity index is 386. The van der Waals surface area contributed by atoms with Crippen molar-refractivity contribution in [3.05, 3.63) is 28.5 Å². The van der Waals surface area contributed by atoms with Gasteiger partial charge in [0.1, 0.15) is 0 Å². The average Bonchev–Trinajstić information content (AvgIpc) is 2.41. The second kappa shape index (κ2) is 6.82. The zero-order valence-corrected chi connectivity index (χ0v) is 13.4. The number of ether oxygens (including phenoxy) is 1. The van der Waals surface area contributed by atoms with Gasteiger partial charge in [-0.05, 0) is 52.7 Å². The van der Waals surface area contributed by atoms with Crippen molar-refractivity contribution in [2.24, 2.45) is 5.41 Å². The number of nitrogens with zero attached hydrogens (tertiary/aromatic N) is 1. The van der Waals surface area contributed by atoms with Crippen LogP contribution in [0.5, 0.6) is 0 Å². The first-order valence-corrected chi connectivity index (χ1v) is 7.81. The third-order valence-corrected chi connectivity index (χ3v) is 4.25. The van der Waals surface area contributed by atoms with Crippen LogP contribution in [0, 0.1) is 5.41 Å². The first-order chi connectivity index (χ1) is 9.10. The summed E-state index contributed by atoms with van der Waals surface area (Å²) in [6.07, 6.45) is 5.15. The van der Waals surface area contributed by atoms with Gasteiger partial charge in [-0.2, -0.15) is 0 Å². The maximum absolute atomic E-state index is 5.53. The van der Waals surface area contributed by atoms with E-state index >= 15 is 0 Å². The number of aromatic nitrogens is 1. The Morgan fingerprint density at radius 3 is 2.68 bits per heavy atom. The molecule has 3 nitrogen and oxygen atoms in total. The summed E-state index contributed by atoms with van der Waals surface area (Å²) in [6.45, 7) is 7.19. The number of pyridine rings is 1. The van der Waals surface area contributed by atoms with Gasteiger partial charge in [0, 0.05) is 42.2 Å². The lowest BCUT2D eigenvalue weighted by atomic mass is 9.76. The van der Waals surface area contributed by atoms with Crippen LogP contribution in [0.25, 0.3) is 0 Å². The summed E-state index contributed by atoms with van der Waals surface area (Å²) in [5.41, 5.74) is 1.47. The van der Waals surface area contributed by atoms with Crippen molar-refractivity contribution in [1.82, 2.24) is 10.3 Å². The van der Waals surface area contributed by atoms with Gasteiger partial charge in [0.15, 0.2) is 0 Å². The van der Waals surface area contributed by atoms with Crippen LogP contribution in [0.1, 0.15) is 32.4 Å². The molecule has 1 aromatic heterocycles. The van der Waals surface area contributed by atoms with Crippen LogP contribution in [-0.2, 0) is 11.2 Å². The first kappa shape index (κ1) is 14.9. The lowest BCUT2D eigenvalue weighted by molar-refractivity contribution is 0.0136. The van der Waals surface area contributed by atoms with Crippen molar-refractivity contribution >= 4 is 15.9 Å². The summed E-state index contributed by atoms with van der Waals surface area (Å²) >= 11 is 3.44. The molecule has 0 atom stereocenters. The predicted octanol–water partition coefficient (Wildman–Crippen LogP) is 3.18. The Kier molecular flexibility index (Phi) is 5.37. The Hall–Kier alpha value is -0.450. The second-order valence-corrected chi connectivity index (χ2v) is 6.71. The second-order valence-electron chi connectivity index (χ2n) is 5.79. The van der Waals surface area contributed by atoms with E-state index in [2.05, 4.69) is 52.2 Å². The minimum Gasteiger partial charge on any atom is -0.381 e. The zero-order chi connectivity index (χ0) is 13.7. The highest BCUT2D eigenvalue weighted by atomic mass is 79.9. The molecule has 0 radical (unpaired) electrons. The summed E-state index contributed by atoms with van der Waals surface area (Å²) in [4.78, 5) is 4.53. The Balaban J connectivity index is 2.06. The van der Waals surface area contributed by atoms with Gasteiger partial charge in [0.2, 0.25) is 0 Å². The molecule has 2 heterocycles. The molecule has 1 fully saturated rings. The Morgan fingerprint density at radius 1 is 1.37 bits per heavy atom. The molecule has 0 amide bonds. The van der Waals surface area contributed by atoms with Crippen LogP contribution < -0.4 is 5.32 Å². The fourth-order valence-corrected chi connectivity index (χ4v) is 2.77. The van der Waals surface area contributed by atoms with E-state index in [4.69, 9.17) is 4.74 Å². The van der Waals surface area contributed by atoms with E-state index in [1.165, 1.54) is 5.69 Å². The Morgan fingerprint density at radius 2 is 2.11 bits per heavy atom. The molecule has 0 aromatic carbocycles. The third kappa shape index (κ3) is 4.55. The lowest BCUT2D eigenvalue weighted by Gasteiger charge is -2.38. The molecule has 0 bridgehead atoms. The van der Waals surface area contributed by atoms with Crippen molar-refractivity contribution in [1.29, 1.82) is 0 Å². The van der Waals surface area contributed by atoms with Gasteiger partial charge in [0.05, 0.1) is 0 Å². The Labute approximate surface area is 124 Å². The maximum Gasteiger partial charge on any atom is 0.0471 e. The minimum absolute atomic E-state index is 0.295. The van der Waals surface area contributed by atoms with Crippen LogP contribution in [-0.4, -0.2) is 30.8 Å². The summed E-state index contributed by atoms with van der Waals surface area (Å²) in [5.74, 6) is 0. The number of halogens is 1. The van der Waals surface area contributed by atoms with Crippen molar-refractivity contribution in [3.8, 4) is 0 Å². The highest BCUT2D eigenvalue weighted by Gasteiger charge is 2.33. The number of hydrogen-bond donors (Lipinski definition) is 1. The van der Waals surface area contributed by atoms with E-state index in [0.717, 1.165) is 43.5 Å². The summed E-state index contributed by atoms with van der Waals surface area (Å²) in [6, 6.07) is 4.72. The van der Waals surface area contributed by atoms with E-state index < -0.39 is 0 Å². The smallest absolute Gasteiger partial charge is 0.0471 e. The molecular formula is C15H23BrN2O. The molecule has 4 heteroatoms. The van der Waals surface area contributed by atoms with E-state index in [1.807, 2.05) is 6.20 Å². The monoisotopic (exact) mass is 326 g/mol. The van der Waals surface area contributed by atoms with Gasteiger partial charge >= 0.3 is 0 Å². The zero-order valence-electron chi connectivity index (χ0n) is 11.8. The van der Waals surface area contributed by atoms with Crippen LogP contribution >= 0.6 is 15.9 Å². The first-order valence-electron chi connectivity index (χ1n) is 7.01. The van der Waals surface area contributed by atoms with Crippen LogP contribution in [0.3, 0.4) is 0 Å². The van der Waals surface area contributed by atoms with Crippen LogP contribution in [0.4, 0.5) is 0 Å². The van der Waals surface area contributed by atoms with Gasteiger partial charge in [-0.15, -0.1) is 0 Å². The van der Waals surface area contributed by atoms with E-state index in [0.29, 0.717) is 11.5 Å². The molecule has 1 aliphatic rings. The SMILES string of the molecule is CC(C)NCC1(Cc2ccc(Br)cn2)CCOCC1. The minimum atomic E-state index is 0.295. The summed E-state index contributed by atoms with van der Waals surface area (Å²) in [7, 11) is 0. The fraction of sp³-hybridized carbons (Fsp3) is 0.667. The quantitative estimate of drug-likeness (QED) is 0.902. The maximum atomic E-state index is 5.53. The van der Waals surface area contributed by atoms with Crippen molar-refractivity contribution in [2.45, 2.75) is 39.2 Å². The standard InChI is InChI=1S/C15H23BrN2O/c1-12(2)18-11-15(5-7-19-8-6-15)9-14-4-3-13(16)10-17-14/h3-4,10,12,18H,5-9,11H2,1-2H3. The van der Waals surface area contributed by atoms with Gasteiger partial charge in [-0.3, -0.25) is 4.98 Å². The molecule has 0 aliphatic carbocycles. The number of nitrogens with one attached hydrogen (secondary N) is 1. The van der Waals surface area contributed by atoms with Gasteiger partial charge in [-0.1, -0.05) is 13.8 Å². The molecule has 106 valence electrons.